The van der Waals surface area contributed by atoms with E-state index in [9.17, 15) is 19.4 Å². The Morgan fingerprint density at radius 2 is 1.96 bits per heavy atom. The molecular weight excluding hydrogens is 327 g/mol. The molecule has 0 bridgehead atoms. The SMILES string of the molecule is Cc1cc(F)cc(C(O)C(O)CNC(=O)OCc2ccccc2)c1N. The number of aryl methyl sites for hydroxylation is 1. The summed E-state index contributed by atoms with van der Waals surface area (Å²) in [6, 6.07) is 11.4. The fourth-order valence-electron chi connectivity index (χ4n) is 2.31. The lowest BCUT2D eigenvalue weighted by Crippen LogP contribution is -2.36. The Balaban J connectivity index is 1.87. The first-order chi connectivity index (χ1) is 11.9. The second kappa shape index (κ2) is 8.46. The van der Waals surface area contributed by atoms with E-state index in [0.29, 0.717) is 5.56 Å². The predicted octanol–water partition coefficient (Wildman–Crippen LogP) is 2.04. The molecular formula is C18H21FN2O4. The minimum absolute atomic E-state index is 0.0736. The highest BCUT2D eigenvalue weighted by Gasteiger charge is 2.23. The monoisotopic (exact) mass is 348 g/mol. The highest BCUT2D eigenvalue weighted by molar-refractivity contribution is 5.67. The van der Waals surface area contributed by atoms with Crippen LogP contribution in [-0.4, -0.2) is 29.0 Å². The quantitative estimate of drug-likeness (QED) is 0.598. The first kappa shape index (κ1) is 18.7. The maximum absolute atomic E-state index is 13.5. The van der Waals surface area contributed by atoms with Crippen LogP contribution in [0.4, 0.5) is 14.9 Å². The molecule has 134 valence electrons. The summed E-state index contributed by atoms with van der Waals surface area (Å²) in [5.74, 6) is -0.566. The highest BCUT2D eigenvalue weighted by Crippen LogP contribution is 2.27. The number of nitrogens with two attached hydrogens (primary N) is 1. The van der Waals surface area contributed by atoms with Crippen molar-refractivity contribution in [3.63, 3.8) is 0 Å². The first-order valence-corrected chi connectivity index (χ1v) is 7.74. The number of rotatable bonds is 6. The van der Waals surface area contributed by atoms with Crippen LogP contribution in [0.1, 0.15) is 22.8 Å². The second-order valence-corrected chi connectivity index (χ2v) is 5.68. The fourth-order valence-corrected chi connectivity index (χ4v) is 2.31. The molecule has 2 rings (SSSR count). The molecule has 2 aromatic rings. The van der Waals surface area contributed by atoms with E-state index < -0.39 is 24.1 Å². The summed E-state index contributed by atoms with van der Waals surface area (Å²) in [6.45, 7) is 1.41. The molecule has 0 radical (unpaired) electrons. The summed E-state index contributed by atoms with van der Waals surface area (Å²) in [6.07, 6.45) is -3.55. The summed E-state index contributed by atoms with van der Waals surface area (Å²) >= 11 is 0. The van der Waals surface area contributed by atoms with Crippen LogP contribution in [-0.2, 0) is 11.3 Å². The van der Waals surface area contributed by atoms with Crippen LogP contribution in [0.3, 0.4) is 0 Å². The Morgan fingerprint density at radius 3 is 2.64 bits per heavy atom. The van der Waals surface area contributed by atoms with Crippen molar-refractivity contribution in [1.82, 2.24) is 5.32 Å². The molecule has 0 saturated carbocycles. The largest absolute Gasteiger partial charge is 0.445 e. The van der Waals surface area contributed by atoms with Crippen LogP contribution in [0.15, 0.2) is 42.5 Å². The summed E-state index contributed by atoms with van der Waals surface area (Å²) in [5.41, 5.74) is 7.35. The second-order valence-electron chi connectivity index (χ2n) is 5.68. The number of aliphatic hydroxyl groups is 2. The van der Waals surface area contributed by atoms with Crippen molar-refractivity contribution in [3.8, 4) is 0 Å². The zero-order valence-corrected chi connectivity index (χ0v) is 13.8. The van der Waals surface area contributed by atoms with Gasteiger partial charge in [-0.1, -0.05) is 30.3 Å². The van der Waals surface area contributed by atoms with Gasteiger partial charge >= 0.3 is 6.09 Å². The predicted molar refractivity (Wildman–Crippen MR) is 91.1 cm³/mol. The van der Waals surface area contributed by atoms with Crippen molar-refractivity contribution >= 4 is 11.8 Å². The number of carbonyl (C=O) groups excluding carboxylic acids is 1. The summed E-state index contributed by atoms with van der Waals surface area (Å²) in [5, 5.41) is 22.5. The third-order valence-electron chi connectivity index (χ3n) is 3.74. The first-order valence-electron chi connectivity index (χ1n) is 7.74. The van der Waals surface area contributed by atoms with Gasteiger partial charge in [0.2, 0.25) is 0 Å². The number of nitrogens with one attached hydrogen (secondary N) is 1. The van der Waals surface area contributed by atoms with Crippen LogP contribution in [0.2, 0.25) is 0 Å². The number of aliphatic hydroxyl groups excluding tert-OH is 2. The van der Waals surface area contributed by atoms with Gasteiger partial charge in [0.25, 0.3) is 0 Å². The number of hydrogen-bond donors (Lipinski definition) is 4. The van der Waals surface area contributed by atoms with Gasteiger partial charge in [-0.05, 0) is 30.2 Å². The van der Waals surface area contributed by atoms with E-state index in [-0.39, 0.29) is 24.4 Å². The lowest BCUT2D eigenvalue weighted by atomic mass is 9.99. The third-order valence-corrected chi connectivity index (χ3v) is 3.74. The van der Waals surface area contributed by atoms with Crippen molar-refractivity contribution < 1.29 is 24.1 Å². The van der Waals surface area contributed by atoms with Gasteiger partial charge < -0.3 is 26.0 Å². The van der Waals surface area contributed by atoms with Gasteiger partial charge in [0.15, 0.2) is 0 Å². The number of halogens is 1. The molecule has 25 heavy (non-hydrogen) atoms. The number of nitrogen functional groups attached to an aromatic ring is 1. The van der Waals surface area contributed by atoms with Gasteiger partial charge in [0.1, 0.15) is 24.6 Å². The Morgan fingerprint density at radius 1 is 1.28 bits per heavy atom. The molecule has 2 unspecified atom stereocenters. The summed E-state index contributed by atoms with van der Waals surface area (Å²) < 4.78 is 18.5. The van der Waals surface area contributed by atoms with Gasteiger partial charge in [-0.15, -0.1) is 0 Å². The highest BCUT2D eigenvalue weighted by atomic mass is 19.1. The normalized spacial score (nSPS) is 13.1. The smallest absolute Gasteiger partial charge is 0.407 e. The molecule has 5 N–H and O–H groups in total. The standard InChI is InChI=1S/C18H21FN2O4/c1-11-7-13(19)8-14(16(11)20)17(23)15(22)9-21-18(24)25-10-12-5-3-2-4-6-12/h2-8,15,17,22-23H,9-10,20H2,1H3,(H,21,24). The number of hydrogen-bond acceptors (Lipinski definition) is 5. The van der Waals surface area contributed by atoms with Crippen LogP contribution in [0, 0.1) is 12.7 Å². The third kappa shape index (κ3) is 5.17. The molecule has 0 saturated heterocycles. The van der Waals surface area contributed by atoms with E-state index in [0.717, 1.165) is 11.6 Å². The van der Waals surface area contributed by atoms with E-state index in [4.69, 9.17) is 10.5 Å². The zero-order chi connectivity index (χ0) is 18.4. The maximum Gasteiger partial charge on any atom is 0.407 e. The molecule has 0 heterocycles. The molecule has 1 amide bonds. The average Bonchev–Trinajstić information content (AvgIpc) is 2.61. The molecule has 0 fully saturated rings. The molecule has 0 spiro atoms. The van der Waals surface area contributed by atoms with Crippen molar-refractivity contribution in [2.45, 2.75) is 25.7 Å². The Hall–Kier alpha value is -2.64. The van der Waals surface area contributed by atoms with Gasteiger partial charge in [0, 0.05) is 17.8 Å². The number of benzene rings is 2. The van der Waals surface area contributed by atoms with Gasteiger partial charge in [0.05, 0.1) is 0 Å². The minimum atomic E-state index is -1.44. The zero-order valence-electron chi connectivity index (χ0n) is 13.8. The van der Waals surface area contributed by atoms with E-state index in [1.54, 1.807) is 19.1 Å². The van der Waals surface area contributed by atoms with E-state index in [2.05, 4.69) is 5.32 Å². The van der Waals surface area contributed by atoms with Crippen molar-refractivity contribution in [2.75, 3.05) is 12.3 Å². The van der Waals surface area contributed by atoms with E-state index in [1.165, 1.54) is 6.07 Å². The van der Waals surface area contributed by atoms with Gasteiger partial charge in [-0.25, -0.2) is 9.18 Å². The van der Waals surface area contributed by atoms with Crippen LogP contribution < -0.4 is 11.1 Å². The molecule has 6 nitrogen and oxygen atoms in total. The van der Waals surface area contributed by atoms with Gasteiger partial charge in [-0.2, -0.15) is 0 Å². The van der Waals surface area contributed by atoms with E-state index >= 15 is 0 Å². The number of carbonyl (C=O) groups is 1. The molecule has 2 aromatic carbocycles. The summed E-state index contributed by atoms with van der Waals surface area (Å²) in [7, 11) is 0. The van der Waals surface area contributed by atoms with Crippen molar-refractivity contribution in [3.05, 3.63) is 65.0 Å². The van der Waals surface area contributed by atoms with E-state index in [1.807, 2.05) is 18.2 Å². The van der Waals surface area contributed by atoms with Crippen LogP contribution in [0.5, 0.6) is 0 Å². The summed E-state index contributed by atoms with van der Waals surface area (Å²) in [4.78, 5) is 11.6. The van der Waals surface area contributed by atoms with Crippen LogP contribution in [0.25, 0.3) is 0 Å². The molecule has 0 aliphatic rings. The fraction of sp³-hybridized carbons (Fsp3) is 0.278. The number of anilines is 1. The van der Waals surface area contributed by atoms with Crippen molar-refractivity contribution in [1.29, 1.82) is 0 Å². The lowest BCUT2D eigenvalue weighted by Gasteiger charge is -2.21. The number of alkyl carbamates (subject to hydrolysis) is 1. The Kier molecular flexibility index (Phi) is 6.32. The van der Waals surface area contributed by atoms with Gasteiger partial charge in [-0.3, -0.25) is 0 Å². The molecule has 7 heteroatoms. The molecule has 2 atom stereocenters. The molecule has 0 aliphatic carbocycles. The lowest BCUT2D eigenvalue weighted by molar-refractivity contribution is 0.0186. The molecule has 0 aromatic heterocycles. The minimum Gasteiger partial charge on any atom is -0.445 e. The maximum atomic E-state index is 13.5. The average molecular weight is 348 g/mol. The Bertz CT molecular complexity index is 725. The van der Waals surface area contributed by atoms with Crippen molar-refractivity contribution in [2.24, 2.45) is 0 Å². The van der Waals surface area contributed by atoms with Crippen LogP contribution >= 0.6 is 0 Å². The Labute approximate surface area is 145 Å². The topological polar surface area (TPSA) is 105 Å². The molecule has 0 aliphatic heterocycles. The number of ether oxygens (including phenoxy) is 1. The number of amides is 1.